The van der Waals surface area contributed by atoms with E-state index in [1.54, 1.807) is 41.3 Å². The van der Waals surface area contributed by atoms with Gasteiger partial charge in [-0.3, -0.25) is 9.59 Å². The molecule has 4 nitrogen and oxygen atoms in total. The molecule has 2 aromatic carbocycles. The molecule has 0 heterocycles. The lowest BCUT2D eigenvalue weighted by molar-refractivity contribution is -0.117. The summed E-state index contributed by atoms with van der Waals surface area (Å²) >= 11 is 11.9. The lowest BCUT2D eigenvalue weighted by atomic mass is 10.1. The largest absolute Gasteiger partial charge is 0.326 e. The van der Waals surface area contributed by atoms with Crippen molar-refractivity contribution in [3.8, 4) is 0 Å². The number of benzene rings is 2. The molecule has 24 heavy (non-hydrogen) atoms. The molecule has 0 atom stereocenters. The molecule has 2 aromatic rings. The second-order valence-electron chi connectivity index (χ2n) is 5.36. The number of halogens is 2. The van der Waals surface area contributed by atoms with Gasteiger partial charge >= 0.3 is 0 Å². The maximum Gasteiger partial charge on any atom is 0.226 e. The molecule has 0 aliphatic rings. The summed E-state index contributed by atoms with van der Waals surface area (Å²) < 4.78 is 0. The molecule has 0 radical (unpaired) electrons. The van der Waals surface area contributed by atoms with Gasteiger partial charge < -0.3 is 10.2 Å². The lowest BCUT2D eigenvalue weighted by Gasteiger charge is -2.23. The van der Waals surface area contributed by atoms with Gasteiger partial charge in [0.15, 0.2) is 0 Å². The van der Waals surface area contributed by atoms with Gasteiger partial charge in [-0.2, -0.15) is 0 Å². The minimum absolute atomic E-state index is 0.139. The van der Waals surface area contributed by atoms with E-state index >= 15 is 0 Å². The SMILES string of the molecule is CC(=O)N(CCC(=O)Nc1ccc(Cl)cc1)c1cccc(Cl)c1C. The highest BCUT2D eigenvalue weighted by Crippen LogP contribution is 2.27. The van der Waals surface area contributed by atoms with Crippen LogP contribution in [0.25, 0.3) is 0 Å². The molecule has 0 bridgehead atoms. The van der Waals surface area contributed by atoms with Gasteiger partial charge in [0, 0.05) is 41.3 Å². The number of anilines is 2. The molecule has 0 aromatic heterocycles. The summed E-state index contributed by atoms with van der Waals surface area (Å²) in [5.41, 5.74) is 2.19. The number of nitrogens with zero attached hydrogens (tertiary/aromatic N) is 1. The summed E-state index contributed by atoms with van der Waals surface area (Å²) in [4.78, 5) is 25.6. The van der Waals surface area contributed by atoms with Crippen LogP contribution in [0.2, 0.25) is 10.0 Å². The van der Waals surface area contributed by atoms with Gasteiger partial charge in [-0.25, -0.2) is 0 Å². The number of amides is 2. The second kappa shape index (κ2) is 8.18. The second-order valence-corrected chi connectivity index (χ2v) is 6.20. The molecule has 0 fully saturated rings. The summed E-state index contributed by atoms with van der Waals surface area (Å²) in [6.45, 7) is 3.59. The number of hydrogen-bond donors (Lipinski definition) is 1. The van der Waals surface area contributed by atoms with Crippen molar-refractivity contribution in [1.82, 2.24) is 0 Å². The molecular weight excluding hydrogens is 347 g/mol. The Labute approximate surface area is 151 Å². The van der Waals surface area contributed by atoms with Crippen molar-refractivity contribution in [1.29, 1.82) is 0 Å². The molecule has 0 saturated carbocycles. The summed E-state index contributed by atoms with van der Waals surface area (Å²) in [7, 11) is 0. The molecule has 0 unspecified atom stereocenters. The summed E-state index contributed by atoms with van der Waals surface area (Å²) in [6, 6.07) is 12.2. The van der Waals surface area contributed by atoms with Crippen LogP contribution in [0.4, 0.5) is 11.4 Å². The maximum absolute atomic E-state index is 12.1. The van der Waals surface area contributed by atoms with Crippen molar-refractivity contribution in [2.75, 3.05) is 16.8 Å². The fourth-order valence-electron chi connectivity index (χ4n) is 2.31. The summed E-state index contributed by atoms with van der Waals surface area (Å²) in [6.07, 6.45) is 0.175. The fraction of sp³-hybridized carbons (Fsp3) is 0.222. The topological polar surface area (TPSA) is 49.4 Å². The Kier molecular flexibility index (Phi) is 6.23. The first-order valence-electron chi connectivity index (χ1n) is 7.47. The van der Waals surface area contributed by atoms with Crippen LogP contribution in [-0.4, -0.2) is 18.4 Å². The minimum atomic E-state index is -0.178. The predicted octanol–water partition coefficient (Wildman–Crippen LogP) is 4.68. The van der Waals surface area contributed by atoms with Crippen molar-refractivity contribution in [3.05, 3.63) is 58.1 Å². The van der Waals surface area contributed by atoms with Crippen LogP contribution in [-0.2, 0) is 9.59 Å². The first-order chi connectivity index (χ1) is 11.4. The van der Waals surface area contributed by atoms with Crippen LogP contribution in [0.3, 0.4) is 0 Å². The van der Waals surface area contributed by atoms with Gasteiger partial charge in [0.25, 0.3) is 0 Å². The zero-order chi connectivity index (χ0) is 17.7. The third kappa shape index (κ3) is 4.73. The van der Waals surface area contributed by atoms with Crippen LogP contribution in [0.5, 0.6) is 0 Å². The number of carbonyl (C=O) groups is 2. The predicted molar refractivity (Wildman–Crippen MR) is 98.9 cm³/mol. The van der Waals surface area contributed by atoms with E-state index in [1.165, 1.54) is 6.92 Å². The van der Waals surface area contributed by atoms with E-state index in [2.05, 4.69) is 5.32 Å². The Hall–Kier alpha value is -2.04. The zero-order valence-corrected chi connectivity index (χ0v) is 15.0. The average molecular weight is 365 g/mol. The van der Waals surface area contributed by atoms with Crippen LogP contribution < -0.4 is 10.2 Å². The van der Waals surface area contributed by atoms with Gasteiger partial charge in [0.2, 0.25) is 11.8 Å². The number of carbonyl (C=O) groups excluding carboxylic acids is 2. The van der Waals surface area contributed by atoms with Crippen LogP contribution in [0.1, 0.15) is 18.9 Å². The highest BCUT2D eigenvalue weighted by atomic mass is 35.5. The highest BCUT2D eigenvalue weighted by Gasteiger charge is 2.16. The first-order valence-corrected chi connectivity index (χ1v) is 8.22. The summed E-state index contributed by atoms with van der Waals surface area (Å²) in [5, 5.41) is 3.97. The van der Waals surface area contributed by atoms with E-state index in [0.717, 1.165) is 5.56 Å². The van der Waals surface area contributed by atoms with Crippen molar-refractivity contribution in [3.63, 3.8) is 0 Å². The Morgan fingerprint density at radius 3 is 2.38 bits per heavy atom. The van der Waals surface area contributed by atoms with Gasteiger partial charge in [-0.05, 0) is 48.9 Å². The van der Waals surface area contributed by atoms with Crippen LogP contribution in [0.15, 0.2) is 42.5 Å². The van der Waals surface area contributed by atoms with Crippen molar-refractivity contribution in [2.24, 2.45) is 0 Å². The van der Waals surface area contributed by atoms with Gasteiger partial charge in [0.05, 0.1) is 0 Å². The normalized spacial score (nSPS) is 10.3. The Morgan fingerprint density at radius 1 is 1.08 bits per heavy atom. The average Bonchev–Trinajstić information content (AvgIpc) is 2.53. The van der Waals surface area contributed by atoms with E-state index in [4.69, 9.17) is 23.2 Å². The molecule has 0 spiro atoms. The van der Waals surface area contributed by atoms with Gasteiger partial charge in [-0.1, -0.05) is 29.3 Å². The van der Waals surface area contributed by atoms with E-state index in [9.17, 15) is 9.59 Å². The molecule has 2 rings (SSSR count). The third-order valence-electron chi connectivity index (χ3n) is 3.60. The smallest absolute Gasteiger partial charge is 0.226 e. The van der Waals surface area contributed by atoms with E-state index in [0.29, 0.717) is 21.4 Å². The minimum Gasteiger partial charge on any atom is -0.326 e. The maximum atomic E-state index is 12.1. The number of hydrogen-bond acceptors (Lipinski definition) is 2. The molecule has 2 amide bonds. The molecule has 6 heteroatoms. The number of nitrogens with one attached hydrogen (secondary N) is 1. The molecular formula is C18H18Cl2N2O2. The quantitative estimate of drug-likeness (QED) is 0.836. The lowest BCUT2D eigenvalue weighted by Crippen LogP contribution is -2.32. The fourth-order valence-corrected chi connectivity index (χ4v) is 2.60. The number of rotatable bonds is 5. The van der Waals surface area contributed by atoms with E-state index < -0.39 is 0 Å². The molecule has 1 N–H and O–H groups in total. The van der Waals surface area contributed by atoms with Crippen molar-refractivity contribution in [2.45, 2.75) is 20.3 Å². The monoisotopic (exact) mass is 364 g/mol. The van der Waals surface area contributed by atoms with E-state index in [1.807, 2.05) is 13.0 Å². The molecule has 126 valence electrons. The highest BCUT2D eigenvalue weighted by molar-refractivity contribution is 6.31. The standard InChI is InChI=1S/C18H18Cl2N2O2/c1-12-16(20)4-3-5-17(12)22(13(2)23)11-10-18(24)21-15-8-6-14(19)7-9-15/h3-9H,10-11H2,1-2H3,(H,21,24). The summed E-state index contributed by atoms with van der Waals surface area (Å²) in [5.74, 6) is -0.317. The van der Waals surface area contributed by atoms with Gasteiger partial charge in [0.1, 0.15) is 0 Å². The zero-order valence-electron chi connectivity index (χ0n) is 13.5. The Balaban J connectivity index is 2.03. The molecule has 0 saturated heterocycles. The first kappa shape index (κ1) is 18.3. The Bertz CT molecular complexity index is 745. The van der Waals surface area contributed by atoms with Gasteiger partial charge in [-0.15, -0.1) is 0 Å². The Morgan fingerprint density at radius 2 is 1.75 bits per heavy atom. The van der Waals surface area contributed by atoms with Crippen molar-refractivity contribution >= 4 is 46.4 Å². The van der Waals surface area contributed by atoms with E-state index in [-0.39, 0.29) is 24.8 Å². The third-order valence-corrected chi connectivity index (χ3v) is 4.26. The van der Waals surface area contributed by atoms with Crippen molar-refractivity contribution < 1.29 is 9.59 Å². The molecule has 0 aliphatic heterocycles. The molecule has 0 aliphatic carbocycles. The van der Waals surface area contributed by atoms with Crippen LogP contribution >= 0.6 is 23.2 Å². The van der Waals surface area contributed by atoms with Crippen LogP contribution in [0, 0.1) is 6.92 Å².